The quantitative estimate of drug-likeness (QED) is 0.0884. The molecule has 2 aliphatic rings. The summed E-state index contributed by atoms with van der Waals surface area (Å²) in [5.41, 5.74) is 0. The smallest absolute Gasteiger partial charge is 0.333 e. The Labute approximate surface area is 239 Å². The predicted octanol–water partition coefficient (Wildman–Crippen LogP) is -4.83. The van der Waals surface area contributed by atoms with Crippen molar-refractivity contribution in [2.24, 2.45) is 0 Å². The molecule has 2 fully saturated rings. The van der Waals surface area contributed by atoms with Gasteiger partial charge in [0.05, 0.1) is 19.8 Å². The van der Waals surface area contributed by atoms with Crippen LogP contribution in [-0.2, 0) is 28.5 Å². The highest BCUT2D eigenvalue weighted by molar-refractivity contribution is 5.76. The van der Waals surface area contributed by atoms with E-state index >= 15 is 0 Å². The van der Waals surface area contributed by atoms with E-state index in [0.717, 1.165) is 12.1 Å². The molecule has 10 unspecified atom stereocenters. The van der Waals surface area contributed by atoms with E-state index in [2.05, 4.69) is 5.32 Å². The molecule has 0 aliphatic carbocycles. The molecule has 2 aliphatic heterocycles. The van der Waals surface area contributed by atoms with Crippen molar-refractivity contribution in [1.82, 2.24) is 10.0 Å². The molecule has 3 rings (SSSR count). The van der Waals surface area contributed by atoms with Crippen LogP contribution in [0.1, 0.15) is 25.7 Å². The van der Waals surface area contributed by atoms with E-state index in [0.29, 0.717) is 17.6 Å². The molecule has 1 amide bonds. The zero-order chi connectivity index (χ0) is 31.0. The molecule has 1 aromatic rings. The van der Waals surface area contributed by atoms with Gasteiger partial charge in [0, 0.05) is 31.5 Å². The molecule has 240 valence electrons. The fourth-order valence-corrected chi connectivity index (χ4v) is 4.24. The number of rotatable bonds is 14. The van der Waals surface area contributed by atoms with E-state index < -0.39 is 92.4 Å². The number of nitrogens with one attached hydrogen (secondary N) is 1. The maximum atomic E-state index is 12.0. The summed E-state index contributed by atoms with van der Waals surface area (Å²) in [6.07, 6.45) is -14.8. The molecule has 18 heteroatoms. The topological polar surface area (TPSA) is 279 Å². The van der Waals surface area contributed by atoms with Gasteiger partial charge in [-0.15, -0.1) is 4.73 Å². The maximum absolute atomic E-state index is 12.0. The third-order valence-electron chi connectivity index (χ3n) is 6.67. The van der Waals surface area contributed by atoms with Gasteiger partial charge in [-0.2, -0.15) is 0 Å². The lowest BCUT2D eigenvalue weighted by molar-refractivity contribution is -0.330. The monoisotopic (exact) mass is 610 g/mol. The first-order valence-corrected chi connectivity index (χ1v) is 13.3. The molecule has 0 aromatic carbocycles. The van der Waals surface area contributed by atoms with E-state index in [1.165, 1.54) is 0 Å². The summed E-state index contributed by atoms with van der Waals surface area (Å²) in [6.45, 7) is -1.35. The minimum Gasteiger partial charge on any atom is -0.492 e. The highest BCUT2D eigenvalue weighted by Gasteiger charge is 2.47. The maximum Gasteiger partial charge on any atom is 0.333 e. The van der Waals surface area contributed by atoms with Gasteiger partial charge in [-0.1, -0.05) is 0 Å². The third kappa shape index (κ3) is 8.71. The van der Waals surface area contributed by atoms with Crippen molar-refractivity contribution in [3.05, 3.63) is 12.1 Å². The molecule has 10 N–H and O–H groups in total. The molecule has 2 saturated heterocycles. The lowest BCUT2D eigenvalue weighted by Gasteiger charge is -2.42. The first-order valence-electron chi connectivity index (χ1n) is 13.3. The molecule has 3 heterocycles. The third-order valence-corrected chi connectivity index (χ3v) is 6.67. The Hall–Kier alpha value is -2.62. The van der Waals surface area contributed by atoms with Crippen molar-refractivity contribution >= 4 is 11.9 Å². The number of carbonyl (C=O) groups is 2. The van der Waals surface area contributed by atoms with Crippen LogP contribution in [-0.4, -0.2) is 150 Å². The molecule has 1 aromatic heterocycles. The fourth-order valence-electron chi connectivity index (χ4n) is 4.24. The van der Waals surface area contributed by atoms with Gasteiger partial charge >= 0.3 is 5.97 Å². The standard InChI is InChI=1S/C24H38N2O16/c27-9-11-17(32)19(34)22(37)24(40-11)39-10-12-18(33)20(35)21(36)23(41-12)38-8-7-25-13(28)3-1-2-4-16(31)42-26-14(29)5-6-15(26)30/h5-6,11-12,17-24,27,29-30,32-37H,1-4,7-10H2,(H,25,28). The Morgan fingerprint density at radius 1 is 0.786 bits per heavy atom. The van der Waals surface area contributed by atoms with Gasteiger partial charge < -0.3 is 75.1 Å². The van der Waals surface area contributed by atoms with Crippen LogP contribution in [0, 0.1) is 0 Å². The minimum absolute atomic E-state index is 0.00960. The number of carbonyl (C=O) groups excluding carboxylic acids is 2. The highest BCUT2D eigenvalue weighted by Crippen LogP contribution is 2.26. The normalized spacial score (nSPS) is 33.3. The van der Waals surface area contributed by atoms with Gasteiger partial charge in [-0.25, -0.2) is 4.79 Å². The fraction of sp³-hybridized carbons (Fsp3) is 0.750. The number of nitrogens with zero attached hydrogens (tertiary/aromatic N) is 1. The largest absolute Gasteiger partial charge is 0.492 e. The number of amides is 1. The van der Waals surface area contributed by atoms with E-state index in [9.17, 15) is 55.5 Å². The lowest BCUT2D eigenvalue weighted by atomic mass is 9.98. The Balaban J connectivity index is 1.34. The van der Waals surface area contributed by atoms with Crippen LogP contribution in [0.5, 0.6) is 11.8 Å². The molecule has 10 atom stereocenters. The Morgan fingerprint density at radius 2 is 1.33 bits per heavy atom. The number of aromatic hydroxyl groups is 2. The second-order valence-electron chi connectivity index (χ2n) is 9.78. The first kappa shape index (κ1) is 33.9. The average Bonchev–Trinajstić information content (AvgIpc) is 3.28. The van der Waals surface area contributed by atoms with Crippen LogP contribution < -0.4 is 10.2 Å². The molecule has 42 heavy (non-hydrogen) atoms. The number of ether oxygens (including phenoxy) is 4. The van der Waals surface area contributed by atoms with Crippen molar-refractivity contribution < 1.29 is 79.3 Å². The Bertz CT molecular complexity index is 988. The zero-order valence-electron chi connectivity index (χ0n) is 22.4. The molecule has 18 nitrogen and oxygen atoms in total. The van der Waals surface area contributed by atoms with Crippen LogP contribution >= 0.6 is 0 Å². The minimum atomic E-state index is -1.71. The Morgan fingerprint density at radius 3 is 1.95 bits per heavy atom. The van der Waals surface area contributed by atoms with Crippen molar-refractivity contribution in [2.45, 2.75) is 87.1 Å². The summed E-state index contributed by atoms with van der Waals surface area (Å²) in [6, 6.07) is 2.29. The lowest BCUT2D eigenvalue weighted by Crippen LogP contribution is -2.61. The van der Waals surface area contributed by atoms with Gasteiger partial charge in [-0.3, -0.25) is 4.79 Å². The number of unbranched alkanes of at least 4 members (excludes halogenated alkanes) is 1. The summed E-state index contributed by atoms with van der Waals surface area (Å²) in [4.78, 5) is 28.6. The second kappa shape index (κ2) is 15.7. The van der Waals surface area contributed by atoms with Crippen LogP contribution in [0.2, 0.25) is 0 Å². The molecule has 0 radical (unpaired) electrons. The molecular weight excluding hydrogens is 572 g/mol. The van der Waals surface area contributed by atoms with Gasteiger partial charge in [0.15, 0.2) is 12.6 Å². The second-order valence-corrected chi connectivity index (χ2v) is 9.78. The van der Waals surface area contributed by atoms with Crippen molar-refractivity contribution in [3.8, 4) is 11.8 Å². The van der Waals surface area contributed by atoms with Crippen molar-refractivity contribution in [3.63, 3.8) is 0 Å². The predicted molar refractivity (Wildman–Crippen MR) is 133 cm³/mol. The van der Waals surface area contributed by atoms with Crippen LogP contribution in [0.3, 0.4) is 0 Å². The average molecular weight is 611 g/mol. The van der Waals surface area contributed by atoms with E-state index in [-0.39, 0.29) is 31.9 Å². The molecular formula is C24H38N2O16. The van der Waals surface area contributed by atoms with E-state index in [4.69, 9.17) is 23.8 Å². The van der Waals surface area contributed by atoms with Crippen molar-refractivity contribution in [2.75, 3.05) is 26.4 Å². The van der Waals surface area contributed by atoms with Crippen LogP contribution in [0.15, 0.2) is 12.1 Å². The number of aliphatic hydroxyl groups excluding tert-OH is 7. The van der Waals surface area contributed by atoms with E-state index in [1.54, 1.807) is 0 Å². The Kier molecular flexibility index (Phi) is 12.7. The summed E-state index contributed by atoms with van der Waals surface area (Å²) in [5, 5.41) is 91.2. The zero-order valence-corrected chi connectivity index (χ0v) is 22.4. The van der Waals surface area contributed by atoms with Gasteiger partial charge in [-0.05, 0) is 12.8 Å². The van der Waals surface area contributed by atoms with Gasteiger partial charge in [0.2, 0.25) is 17.7 Å². The molecule has 0 bridgehead atoms. The van der Waals surface area contributed by atoms with Gasteiger partial charge in [0.1, 0.15) is 48.8 Å². The van der Waals surface area contributed by atoms with E-state index in [1.807, 2.05) is 0 Å². The van der Waals surface area contributed by atoms with Gasteiger partial charge in [0.25, 0.3) is 0 Å². The number of aromatic nitrogens is 1. The number of hydrogen-bond acceptors (Lipinski definition) is 16. The first-order chi connectivity index (χ1) is 19.9. The summed E-state index contributed by atoms with van der Waals surface area (Å²) < 4.78 is 22.0. The molecule has 0 spiro atoms. The molecule has 0 saturated carbocycles. The van der Waals surface area contributed by atoms with Crippen molar-refractivity contribution in [1.29, 1.82) is 0 Å². The highest BCUT2D eigenvalue weighted by atomic mass is 16.7. The summed E-state index contributed by atoms with van der Waals surface area (Å²) in [7, 11) is 0. The number of hydrogen-bond donors (Lipinski definition) is 10. The summed E-state index contributed by atoms with van der Waals surface area (Å²) >= 11 is 0. The SMILES string of the molecule is O=C(CCCCC(=O)On1c(O)ccc1O)NCCOC1OC(COC2OC(CO)C(O)C(O)C2O)C(O)C(O)C1O. The van der Waals surface area contributed by atoms with Crippen LogP contribution in [0.4, 0.5) is 0 Å². The number of aliphatic hydroxyl groups is 7. The summed E-state index contributed by atoms with van der Waals surface area (Å²) in [5.74, 6) is -1.98. The van der Waals surface area contributed by atoms with Crippen LogP contribution in [0.25, 0.3) is 0 Å².